The van der Waals surface area contributed by atoms with Crippen LogP contribution in [0.1, 0.15) is 34.9 Å². The zero-order valence-electron chi connectivity index (χ0n) is 16.8. The number of pyridine rings is 1. The summed E-state index contributed by atoms with van der Waals surface area (Å²) >= 11 is 7.32. The highest BCUT2D eigenvalue weighted by molar-refractivity contribution is 7.14. The van der Waals surface area contributed by atoms with Gasteiger partial charge < -0.3 is 10.6 Å². The Balaban J connectivity index is 1.74. The predicted molar refractivity (Wildman–Crippen MR) is 121 cm³/mol. The molecule has 1 amide bonds. The van der Waals surface area contributed by atoms with Gasteiger partial charge in [-0.2, -0.15) is 0 Å². The van der Waals surface area contributed by atoms with Crippen LogP contribution in [0.15, 0.2) is 48.7 Å². The van der Waals surface area contributed by atoms with Gasteiger partial charge in [0.1, 0.15) is 10.7 Å². The van der Waals surface area contributed by atoms with E-state index in [2.05, 4.69) is 34.4 Å². The van der Waals surface area contributed by atoms with Gasteiger partial charge in [-0.15, -0.1) is 11.3 Å². The van der Waals surface area contributed by atoms with Gasteiger partial charge in [-0.3, -0.25) is 4.79 Å². The number of carbonyl (C=O) groups is 1. The maximum Gasteiger partial charge on any atom is 0.263 e. The van der Waals surface area contributed by atoms with Gasteiger partial charge in [0.15, 0.2) is 0 Å². The Morgan fingerprint density at radius 3 is 2.59 bits per heavy atom. The number of nitrogens with one attached hydrogen (secondary N) is 2. The third-order valence-electron chi connectivity index (χ3n) is 4.34. The molecule has 0 aliphatic rings. The molecule has 2 heterocycles. The van der Waals surface area contributed by atoms with Gasteiger partial charge in [-0.25, -0.2) is 9.97 Å². The molecule has 0 aliphatic heterocycles. The van der Waals surface area contributed by atoms with E-state index >= 15 is 0 Å². The number of hydrogen-bond acceptors (Lipinski definition) is 5. The topological polar surface area (TPSA) is 66.9 Å². The van der Waals surface area contributed by atoms with Crippen molar-refractivity contribution in [2.24, 2.45) is 5.92 Å². The molecule has 0 saturated carbocycles. The first kappa shape index (κ1) is 21.3. The lowest BCUT2D eigenvalue weighted by Gasteiger charge is -2.21. The number of aryl methyl sites for hydroxylation is 1. The first-order valence-corrected chi connectivity index (χ1v) is 10.8. The summed E-state index contributed by atoms with van der Waals surface area (Å²) in [7, 11) is 0. The molecule has 0 spiro atoms. The number of aromatic nitrogens is 2. The third kappa shape index (κ3) is 6.02. The van der Waals surface area contributed by atoms with Gasteiger partial charge in [0, 0.05) is 24.3 Å². The van der Waals surface area contributed by atoms with Crippen LogP contribution < -0.4 is 10.6 Å². The van der Waals surface area contributed by atoms with Crippen LogP contribution in [0.2, 0.25) is 5.02 Å². The molecular weight excluding hydrogens is 404 g/mol. The Morgan fingerprint density at radius 2 is 1.93 bits per heavy atom. The van der Waals surface area contributed by atoms with Crippen molar-refractivity contribution in [3.8, 4) is 11.3 Å². The molecule has 1 unspecified atom stereocenters. The molecule has 1 atom stereocenters. The molecule has 0 aliphatic carbocycles. The zero-order chi connectivity index (χ0) is 20.8. The molecule has 0 saturated heterocycles. The molecule has 0 fully saturated rings. The lowest BCUT2D eigenvalue weighted by Crippen LogP contribution is -2.40. The first-order chi connectivity index (χ1) is 13.9. The number of hydrogen-bond donors (Lipinski definition) is 2. The number of rotatable bonds is 8. The number of amides is 1. The molecule has 3 aromatic rings. The van der Waals surface area contributed by atoms with Crippen molar-refractivity contribution in [2.75, 3.05) is 11.9 Å². The van der Waals surface area contributed by atoms with Crippen LogP contribution in [0.4, 0.5) is 5.82 Å². The predicted octanol–water partition coefficient (Wildman–Crippen LogP) is 5.42. The van der Waals surface area contributed by atoms with Crippen LogP contribution >= 0.6 is 22.9 Å². The van der Waals surface area contributed by atoms with E-state index in [4.69, 9.17) is 11.6 Å². The zero-order valence-corrected chi connectivity index (χ0v) is 18.3. The molecule has 5 nitrogen and oxygen atoms in total. The highest BCUT2D eigenvalue weighted by Gasteiger charge is 2.21. The normalized spacial score (nSPS) is 12.0. The highest BCUT2D eigenvalue weighted by atomic mass is 35.5. The Kier molecular flexibility index (Phi) is 7.23. The number of thiazole rings is 1. The number of nitrogens with zero attached hydrogens (tertiary/aromatic N) is 2. The van der Waals surface area contributed by atoms with Crippen molar-refractivity contribution in [2.45, 2.75) is 33.2 Å². The lowest BCUT2D eigenvalue weighted by molar-refractivity contribution is 0.0939. The minimum Gasteiger partial charge on any atom is -0.368 e. The van der Waals surface area contributed by atoms with E-state index in [0.29, 0.717) is 22.4 Å². The molecule has 2 aromatic heterocycles. The smallest absolute Gasteiger partial charge is 0.263 e. The minimum absolute atomic E-state index is 0.0361. The van der Waals surface area contributed by atoms with Crippen LogP contribution in [0.5, 0.6) is 0 Å². The standard InChI is InChI=1S/C22H25ClN4OS/c1-14(2)11-18(13-25-19-10-9-17(23)12-24-19)27-22(28)21-20(26-15(3)29-21)16-7-5-4-6-8-16/h4-10,12,14,18H,11,13H2,1-3H3,(H,24,25)(H,27,28). The van der Waals surface area contributed by atoms with Gasteiger partial charge in [-0.05, 0) is 31.4 Å². The molecule has 7 heteroatoms. The summed E-state index contributed by atoms with van der Waals surface area (Å²) in [6.45, 7) is 6.79. The second-order valence-electron chi connectivity index (χ2n) is 7.32. The monoisotopic (exact) mass is 428 g/mol. The third-order valence-corrected chi connectivity index (χ3v) is 5.53. The van der Waals surface area contributed by atoms with E-state index in [1.165, 1.54) is 11.3 Å². The second kappa shape index (κ2) is 9.85. The Hall–Kier alpha value is -2.44. The highest BCUT2D eigenvalue weighted by Crippen LogP contribution is 2.28. The molecule has 1 aromatic carbocycles. The Bertz CT molecular complexity index is 941. The van der Waals surface area contributed by atoms with E-state index in [9.17, 15) is 4.79 Å². The van der Waals surface area contributed by atoms with Crippen LogP contribution in [0, 0.1) is 12.8 Å². The molecule has 152 valence electrons. The first-order valence-electron chi connectivity index (χ1n) is 9.61. The van der Waals surface area contributed by atoms with Gasteiger partial charge in [-0.1, -0.05) is 55.8 Å². The van der Waals surface area contributed by atoms with Gasteiger partial charge in [0.05, 0.1) is 15.7 Å². The van der Waals surface area contributed by atoms with Crippen molar-refractivity contribution in [1.82, 2.24) is 15.3 Å². The molecule has 2 N–H and O–H groups in total. The maximum absolute atomic E-state index is 13.1. The summed E-state index contributed by atoms with van der Waals surface area (Å²) in [5, 5.41) is 7.94. The van der Waals surface area contributed by atoms with Crippen molar-refractivity contribution in [3.63, 3.8) is 0 Å². The summed E-state index contributed by atoms with van der Waals surface area (Å²) in [4.78, 5) is 22.6. The van der Waals surface area contributed by atoms with Crippen molar-refractivity contribution < 1.29 is 4.79 Å². The van der Waals surface area contributed by atoms with Crippen LogP contribution in [0.3, 0.4) is 0 Å². The summed E-state index contributed by atoms with van der Waals surface area (Å²) < 4.78 is 0. The fourth-order valence-electron chi connectivity index (χ4n) is 3.09. The largest absolute Gasteiger partial charge is 0.368 e. The lowest BCUT2D eigenvalue weighted by atomic mass is 10.0. The number of carbonyl (C=O) groups excluding carboxylic acids is 1. The fraction of sp³-hybridized carbons (Fsp3) is 0.318. The Morgan fingerprint density at radius 1 is 1.17 bits per heavy atom. The number of anilines is 1. The van der Waals surface area contributed by atoms with E-state index < -0.39 is 0 Å². The van der Waals surface area contributed by atoms with Gasteiger partial charge >= 0.3 is 0 Å². The van der Waals surface area contributed by atoms with Gasteiger partial charge in [0.2, 0.25) is 0 Å². The van der Waals surface area contributed by atoms with Gasteiger partial charge in [0.25, 0.3) is 5.91 Å². The van der Waals surface area contributed by atoms with Crippen molar-refractivity contribution in [3.05, 3.63) is 63.6 Å². The number of halogens is 1. The van der Waals surface area contributed by atoms with E-state index in [1.807, 2.05) is 43.3 Å². The van der Waals surface area contributed by atoms with E-state index in [0.717, 1.165) is 28.5 Å². The summed E-state index contributed by atoms with van der Waals surface area (Å²) in [5.41, 5.74) is 1.69. The van der Waals surface area contributed by atoms with Crippen molar-refractivity contribution in [1.29, 1.82) is 0 Å². The summed E-state index contributed by atoms with van der Waals surface area (Å²) in [6.07, 6.45) is 2.46. The van der Waals surface area contributed by atoms with Crippen molar-refractivity contribution >= 4 is 34.7 Å². The summed E-state index contributed by atoms with van der Waals surface area (Å²) in [6, 6.07) is 13.4. The van der Waals surface area contributed by atoms with Crippen LogP contribution in [-0.4, -0.2) is 28.5 Å². The Labute approximate surface area is 180 Å². The van der Waals surface area contributed by atoms with E-state index in [1.54, 1.807) is 12.3 Å². The average Bonchev–Trinajstić information content (AvgIpc) is 3.09. The van der Waals surface area contributed by atoms with Crippen LogP contribution in [0.25, 0.3) is 11.3 Å². The quantitative estimate of drug-likeness (QED) is 0.502. The maximum atomic E-state index is 13.1. The second-order valence-corrected chi connectivity index (χ2v) is 8.96. The molecular formula is C22H25ClN4OS. The number of benzene rings is 1. The average molecular weight is 429 g/mol. The molecule has 0 bridgehead atoms. The molecule has 0 radical (unpaired) electrons. The van der Waals surface area contributed by atoms with E-state index in [-0.39, 0.29) is 11.9 Å². The SMILES string of the molecule is Cc1nc(-c2ccccc2)c(C(=O)NC(CNc2ccc(Cl)cn2)CC(C)C)s1. The fourth-order valence-corrected chi connectivity index (χ4v) is 4.05. The van der Waals surface area contributed by atoms with Crippen LogP contribution in [-0.2, 0) is 0 Å². The molecule has 29 heavy (non-hydrogen) atoms. The molecule has 3 rings (SSSR count). The summed E-state index contributed by atoms with van der Waals surface area (Å²) in [5.74, 6) is 1.08. The minimum atomic E-state index is -0.0917.